The van der Waals surface area contributed by atoms with E-state index in [2.05, 4.69) is 0 Å². The van der Waals surface area contributed by atoms with Gasteiger partial charge in [0.15, 0.2) is 0 Å². The third-order valence-corrected chi connectivity index (χ3v) is 7.93. The van der Waals surface area contributed by atoms with Crippen LogP contribution in [0.15, 0.2) is 47.4 Å². The van der Waals surface area contributed by atoms with Gasteiger partial charge < -0.3 is 9.47 Å². The zero-order valence-corrected chi connectivity index (χ0v) is 19.7. The zero-order valence-electron chi connectivity index (χ0n) is 18.9. The van der Waals surface area contributed by atoms with Crippen molar-refractivity contribution in [3.05, 3.63) is 59.2 Å². The van der Waals surface area contributed by atoms with Gasteiger partial charge in [0.05, 0.1) is 30.3 Å². The maximum Gasteiger partial charge on any atom is 0.338 e. The maximum atomic E-state index is 13.3. The number of benzene rings is 2. The molecule has 2 aromatic carbocycles. The molecule has 0 saturated carbocycles. The first-order chi connectivity index (χ1) is 16.3. The maximum absolute atomic E-state index is 13.3. The summed E-state index contributed by atoms with van der Waals surface area (Å²) in [5.74, 6) is -1.49. The topological polar surface area (TPSA) is 110 Å². The Labute approximate surface area is 198 Å². The fourth-order valence-electron chi connectivity index (χ4n) is 4.18. The number of carbonyl (C=O) groups excluding carboxylic acids is 3. The summed E-state index contributed by atoms with van der Waals surface area (Å²) in [4.78, 5) is 38.5. The molecule has 0 aromatic heterocycles. The molecule has 1 saturated heterocycles. The fraction of sp³-hybridized carbons (Fsp3) is 0.375. The van der Waals surface area contributed by atoms with Gasteiger partial charge in [0, 0.05) is 13.1 Å². The molecule has 2 aliphatic rings. The second-order valence-corrected chi connectivity index (χ2v) is 10.0. The van der Waals surface area contributed by atoms with Gasteiger partial charge in [-0.1, -0.05) is 25.0 Å². The van der Waals surface area contributed by atoms with Gasteiger partial charge >= 0.3 is 5.97 Å². The number of rotatable bonds is 7. The van der Waals surface area contributed by atoms with Crippen molar-refractivity contribution in [2.24, 2.45) is 0 Å². The van der Waals surface area contributed by atoms with Gasteiger partial charge in [0.25, 0.3) is 11.8 Å². The van der Waals surface area contributed by atoms with E-state index in [1.165, 1.54) is 29.6 Å². The Bertz CT molecular complexity index is 1180. The average molecular weight is 487 g/mol. The molecule has 0 N–H and O–H groups in total. The highest BCUT2D eigenvalue weighted by Gasteiger charge is 2.35. The van der Waals surface area contributed by atoms with Crippen LogP contribution in [0.1, 0.15) is 56.8 Å². The molecule has 2 amide bonds. The number of esters is 1. The van der Waals surface area contributed by atoms with E-state index in [1.807, 2.05) is 0 Å². The van der Waals surface area contributed by atoms with Crippen molar-refractivity contribution in [1.82, 2.24) is 9.21 Å². The highest BCUT2D eigenvalue weighted by molar-refractivity contribution is 7.89. The van der Waals surface area contributed by atoms with E-state index in [9.17, 15) is 22.8 Å². The zero-order chi connectivity index (χ0) is 24.3. The van der Waals surface area contributed by atoms with Crippen LogP contribution in [0.25, 0.3) is 0 Å². The lowest BCUT2D eigenvalue weighted by Crippen LogP contribution is -2.33. The normalized spacial score (nSPS) is 16.8. The quantitative estimate of drug-likeness (QED) is 0.437. The van der Waals surface area contributed by atoms with E-state index in [4.69, 9.17) is 9.47 Å². The van der Waals surface area contributed by atoms with Crippen LogP contribution < -0.4 is 4.74 Å². The van der Waals surface area contributed by atoms with Crippen LogP contribution in [0.5, 0.6) is 5.75 Å². The first kappa shape index (κ1) is 23.9. The molecule has 0 bridgehead atoms. The summed E-state index contributed by atoms with van der Waals surface area (Å²) in [5, 5.41) is 0. The minimum Gasteiger partial charge on any atom is -0.495 e. The Morgan fingerprint density at radius 3 is 2.15 bits per heavy atom. The Morgan fingerprint density at radius 1 is 0.941 bits per heavy atom. The Kier molecular flexibility index (Phi) is 6.99. The highest BCUT2D eigenvalue weighted by Crippen LogP contribution is 2.30. The predicted octanol–water partition coefficient (Wildman–Crippen LogP) is 2.71. The van der Waals surface area contributed by atoms with Crippen LogP contribution in [0.2, 0.25) is 0 Å². The molecular weight excluding hydrogens is 460 g/mol. The van der Waals surface area contributed by atoms with Gasteiger partial charge in [-0.25, -0.2) is 13.2 Å². The molecule has 2 aliphatic heterocycles. The van der Waals surface area contributed by atoms with E-state index in [1.54, 1.807) is 24.3 Å². The smallest absolute Gasteiger partial charge is 0.338 e. The molecule has 0 radical (unpaired) electrons. The average Bonchev–Trinajstić information content (AvgIpc) is 3.03. The number of methoxy groups -OCH3 is 1. The molecule has 4 rings (SSSR count). The first-order valence-corrected chi connectivity index (χ1v) is 12.6. The molecule has 9 nitrogen and oxygen atoms in total. The summed E-state index contributed by atoms with van der Waals surface area (Å²) >= 11 is 0. The van der Waals surface area contributed by atoms with Crippen molar-refractivity contribution in [3.63, 3.8) is 0 Å². The van der Waals surface area contributed by atoms with Crippen molar-refractivity contribution < 1.29 is 32.3 Å². The van der Waals surface area contributed by atoms with Crippen LogP contribution in [-0.2, 0) is 14.8 Å². The van der Waals surface area contributed by atoms with Crippen LogP contribution in [0, 0.1) is 0 Å². The largest absolute Gasteiger partial charge is 0.495 e. The number of fused-ring (bicyclic) bond motifs is 1. The number of hydrogen-bond donors (Lipinski definition) is 0. The molecule has 34 heavy (non-hydrogen) atoms. The summed E-state index contributed by atoms with van der Waals surface area (Å²) in [6.07, 6.45) is 3.51. The van der Waals surface area contributed by atoms with Crippen LogP contribution in [0.4, 0.5) is 0 Å². The van der Waals surface area contributed by atoms with Crippen LogP contribution in [-0.4, -0.2) is 68.8 Å². The number of ether oxygens (including phenoxy) is 2. The second-order valence-electron chi connectivity index (χ2n) is 8.13. The van der Waals surface area contributed by atoms with Crippen molar-refractivity contribution in [1.29, 1.82) is 0 Å². The van der Waals surface area contributed by atoms with Gasteiger partial charge in [0.1, 0.15) is 17.3 Å². The lowest BCUT2D eigenvalue weighted by Gasteiger charge is -2.21. The van der Waals surface area contributed by atoms with Crippen LogP contribution in [0.3, 0.4) is 0 Å². The Balaban J connectivity index is 1.46. The lowest BCUT2D eigenvalue weighted by molar-refractivity contribution is 0.0420. The number of nitrogens with zero attached hydrogens (tertiary/aromatic N) is 2. The number of imide groups is 1. The molecular formula is C24H26N2O7S. The van der Waals surface area contributed by atoms with Gasteiger partial charge in [-0.05, 0) is 43.2 Å². The van der Waals surface area contributed by atoms with Crippen LogP contribution >= 0.6 is 0 Å². The van der Waals surface area contributed by atoms with Crippen molar-refractivity contribution in [3.8, 4) is 5.75 Å². The van der Waals surface area contributed by atoms with Crippen molar-refractivity contribution in [2.45, 2.75) is 30.6 Å². The summed E-state index contributed by atoms with van der Waals surface area (Å²) in [7, 11) is -2.49. The summed E-state index contributed by atoms with van der Waals surface area (Å²) in [5.41, 5.74) is 0.672. The molecule has 0 unspecified atom stereocenters. The van der Waals surface area contributed by atoms with E-state index in [0.717, 1.165) is 30.6 Å². The number of carbonyl (C=O) groups is 3. The van der Waals surface area contributed by atoms with E-state index in [0.29, 0.717) is 24.2 Å². The Hall–Kier alpha value is -3.24. The minimum atomic E-state index is -3.86. The predicted molar refractivity (Wildman–Crippen MR) is 122 cm³/mol. The van der Waals surface area contributed by atoms with E-state index >= 15 is 0 Å². The number of sulfonamides is 1. The molecule has 2 heterocycles. The Morgan fingerprint density at radius 2 is 1.56 bits per heavy atom. The molecule has 0 aliphatic carbocycles. The fourth-order valence-corrected chi connectivity index (χ4v) is 5.88. The first-order valence-electron chi connectivity index (χ1n) is 11.1. The lowest BCUT2D eigenvalue weighted by atomic mass is 10.1. The molecule has 1 fully saturated rings. The molecule has 0 spiro atoms. The second kappa shape index (κ2) is 9.94. The standard InChI is InChI=1S/C24H26N2O7S/c1-32-20-11-10-17(16-21(20)34(30,31)25-12-6-2-3-7-13-25)24(29)33-15-14-26-22(27)18-8-4-5-9-19(18)23(26)28/h4-5,8-11,16H,2-3,6-7,12-15H2,1H3. The summed E-state index contributed by atoms with van der Waals surface area (Å²) in [6, 6.07) is 10.6. The highest BCUT2D eigenvalue weighted by atomic mass is 32.2. The van der Waals surface area contributed by atoms with Gasteiger partial charge in [-0.15, -0.1) is 0 Å². The van der Waals surface area contributed by atoms with Crippen molar-refractivity contribution in [2.75, 3.05) is 33.4 Å². The van der Waals surface area contributed by atoms with E-state index < -0.39 is 27.8 Å². The monoisotopic (exact) mass is 486 g/mol. The molecule has 0 atom stereocenters. The van der Waals surface area contributed by atoms with Gasteiger partial charge in [0.2, 0.25) is 10.0 Å². The molecule has 180 valence electrons. The SMILES string of the molecule is COc1ccc(C(=O)OCCN2C(=O)c3ccccc3C2=O)cc1S(=O)(=O)N1CCCCCC1. The van der Waals surface area contributed by atoms with Crippen molar-refractivity contribution >= 4 is 27.8 Å². The summed E-state index contributed by atoms with van der Waals surface area (Å²) < 4.78 is 38.5. The molecule has 2 aromatic rings. The molecule has 10 heteroatoms. The number of hydrogen-bond acceptors (Lipinski definition) is 7. The van der Waals surface area contributed by atoms with Gasteiger partial charge in [-0.3, -0.25) is 14.5 Å². The van der Waals surface area contributed by atoms with Gasteiger partial charge in [-0.2, -0.15) is 4.31 Å². The minimum absolute atomic E-state index is 0.0385. The number of amides is 2. The summed E-state index contributed by atoms with van der Waals surface area (Å²) in [6.45, 7) is 0.512. The van der Waals surface area contributed by atoms with E-state index in [-0.39, 0.29) is 29.4 Å². The third kappa shape index (κ3) is 4.55. The third-order valence-electron chi connectivity index (χ3n) is 6.01.